The number of methoxy groups -OCH3 is 1. The molecule has 0 aliphatic carbocycles. The van der Waals surface area contributed by atoms with Gasteiger partial charge in [0.15, 0.2) is 6.10 Å². The fraction of sp³-hybridized carbons (Fsp3) is 0.462. The standard InChI is InChI=1S/C13H20N2O2/c1-14-9-6-10-15-13(16)12(17-2)11-7-4-3-5-8-11/h3-5,7-8,12,14H,6,9-10H2,1-2H3,(H,15,16). The zero-order valence-corrected chi connectivity index (χ0v) is 10.4. The summed E-state index contributed by atoms with van der Waals surface area (Å²) >= 11 is 0. The van der Waals surface area contributed by atoms with Crippen LogP contribution in [0.1, 0.15) is 18.1 Å². The molecule has 0 saturated carbocycles. The number of benzene rings is 1. The summed E-state index contributed by atoms with van der Waals surface area (Å²) in [5.74, 6) is -0.0881. The summed E-state index contributed by atoms with van der Waals surface area (Å²) in [4.78, 5) is 11.9. The predicted octanol–water partition coefficient (Wildman–Crippen LogP) is 1.10. The van der Waals surface area contributed by atoms with Crippen LogP contribution in [-0.2, 0) is 9.53 Å². The molecule has 1 aromatic rings. The quantitative estimate of drug-likeness (QED) is 0.697. The van der Waals surface area contributed by atoms with Crippen LogP contribution in [0.5, 0.6) is 0 Å². The van der Waals surface area contributed by atoms with E-state index < -0.39 is 6.10 Å². The minimum atomic E-state index is -0.522. The highest BCUT2D eigenvalue weighted by Crippen LogP contribution is 2.15. The van der Waals surface area contributed by atoms with Crippen molar-refractivity contribution in [3.8, 4) is 0 Å². The number of amides is 1. The van der Waals surface area contributed by atoms with E-state index in [1.165, 1.54) is 0 Å². The van der Waals surface area contributed by atoms with Crippen LogP contribution in [-0.4, -0.2) is 33.2 Å². The number of nitrogens with one attached hydrogen (secondary N) is 2. The highest BCUT2D eigenvalue weighted by Gasteiger charge is 2.18. The third kappa shape index (κ3) is 4.54. The van der Waals surface area contributed by atoms with Gasteiger partial charge in [0.2, 0.25) is 0 Å². The summed E-state index contributed by atoms with van der Waals surface area (Å²) in [5.41, 5.74) is 0.876. The molecule has 1 unspecified atom stereocenters. The van der Waals surface area contributed by atoms with Gasteiger partial charge in [0, 0.05) is 13.7 Å². The fourth-order valence-corrected chi connectivity index (χ4v) is 1.59. The smallest absolute Gasteiger partial charge is 0.253 e. The second-order valence-electron chi connectivity index (χ2n) is 3.77. The number of hydrogen-bond acceptors (Lipinski definition) is 3. The second-order valence-corrected chi connectivity index (χ2v) is 3.77. The summed E-state index contributed by atoms with van der Waals surface area (Å²) in [6.07, 6.45) is 0.388. The predicted molar refractivity (Wildman–Crippen MR) is 67.7 cm³/mol. The Hall–Kier alpha value is -1.39. The Morgan fingerprint density at radius 3 is 2.59 bits per heavy atom. The van der Waals surface area contributed by atoms with E-state index in [1.807, 2.05) is 37.4 Å². The number of hydrogen-bond donors (Lipinski definition) is 2. The monoisotopic (exact) mass is 236 g/mol. The molecule has 4 heteroatoms. The molecule has 1 rings (SSSR count). The Kier molecular flexibility index (Phi) is 6.29. The average molecular weight is 236 g/mol. The topological polar surface area (TPSA) is 50.4 Å². The first-order valence-electron chi connectivity index (χ1n) is 5.79. The lowest BCUT2D eigenvalue weighted by molar-refractivity contribution is -0.131. The van der Waals surface area contributed by atoms with Crippen molar-refractivity contribution in [2.24, 2.45) is 0 Å². The molecule has 0 saturated heterocycles. The van der Waals surface area contributed by atoms with E-state index in [9.17, 15) is 4.79 Å². The molecule has 0 spiro atoms. The van der Waals surface area contributed by atoms with Crippen LogP contribution in [0.15, 0.2) is 30.3 Å². The molecule has 4 nitrogen and oxygen atoms in total. The van der Waals surface area contributed by atoms with Crippen LogP contribution < -0.4 is 10.6 Å². The maximum Gasteiger partial charge on any atom is 0.253 e. The zero-order chi connectivity index (χ0) is 12.5. The SMILES string of the molecule is CNCCCNC(=O)C(OC)c1ccccc1. The van der Waals surface area contributed by atoms with E-state index in [2.05, 4.69) is 10.6 Å². The van der Waals surface area contributed by atoms with Gasteiger partial charge in [0.05, 0.1) is 0 Å². The summed E-state index contributed by atoms with van der Waals surface area (Å²) in [5, 5.41) is 5.90. The van der Waals surface area contributed by atoms with Gasteiger partial charge in [-0.25, -0.2) is 0 Å². The number of rotatable bonds is 7. The van der Waals surface area contributed by atoms with Crippen molar-refractivity contribution < 1.29 is 9.53 Å². The third-order valence-electron chi connectivity index (χ3n) is 2.48. The van der Waals surface area contributed by atoms with Gasteiger partial charge in [-0.1, -0.05) is 30.3 Å². The van der Waals surface area contributed by atoms with Crippen LogP contribution in [0.3, 0.4) is 0 Å². The Morgan fingerprint density at radius 2 is 2.00 bits per heavy atom. The Balaban J connectivity index is 2.48. The summed E-state index contributed by atoms with van der Waals surface area (Å²) in [6.45, 7) is 1.55. The molecule has 2 N–H and O–H groups in total. The van der Waals surface area contributed by atoms with Gasteiger partial charge in [0.25, 0.3) is 5.91 Å². The van der Waals surface area contributed by atoms with Crippen molar-refractivity contribution in [2.75, 3.05) is 27.2 Å². The lowest BCUT2D eigenvalue weighted by Crippen LogP contribution is -2.32. The molecule has 0 fully saturated rings. The van der Waals surface area contributed by atoms with E-state index in [-0.39, 0.29) is 5.91 Å². The molecule has 1 amide bonds. The first-order valence-corrected chi connectivity index (χ1v) is 5.79. The van der Waals surface area contributed by atoms with Gasteiger partial charge >= 0.3 is 0 Å². The van der Waals surface area contributed by atoms with E-state index in [4.69, 9.17) is 4.74 Å². The van der Waals surface area contributed by atoms with Crippen molar-refractivity contribution >= 4 is 5.91 Å². The maximum atomic E-state index is 11.9. The minimum Gasteiger partial charge on any atom is -0.367 e. The maximum absolute atomic E-state index is 11.9. The number of carbonyl (C=O) groups is 1. The van der Waals surface area contributed by atoms with Crippen LogP contribution in [0.2, 0.25) is 0 Å². The van der Waals surface area contributed by atoms with Crippen molar-refractivity contribution in [1.82, 2.24) is 10.6 Å². The van der Waals surface area contributed by atoms with E-state index in [0.717, 1.165) is 18.5 Å². The largest absolute Gasteiger partial charge is 0.367 e. The van der Waals surface area contributed by atoms with Crippen molar-refractivity contribution in [1.29, 1.82) is 0 Å². The fourth-order valence-electron chi connectivity index (χ4n) is 1.59. The Morgan fingerprint density at radius 1 is 1.29 bits per heavy atom. The third-order valence-corrected chi connectivity index (χ3v) is 2.48. The van der Waals surface area contributed by atoms with Crippen LogP contribution in [0, 0.1) is 0 Å². The average Bonchev–Trinajstić information content (AvgIpc) is 2.37. The zero-order valence-electron chi connectivity index (χ0n) is 10.4. The van der Waals surface area contributed by atoms with Gasteiger partial charge in [-0.05, 0) is 25.6 Å². The summed E-state index contributed by atoms with van der Waals surface area (Å²) in [7, 11) is 3.44. The van der Waals surface area contributed by atoms with Gasteiger partial charge in [-0.3, -0.25) is 4.79 Å². The lowest BCUT2D eigenvalue weighted by Gasteiger charge is -2.15. The van der Waals surface area contributed by atoms with Crippen molar-refractivity contribution in [2.45, 2.75) is 12.5 Å². The molecule has 0 aliphatic rings. The first kappa shape index (κ1) is 13.7. The first-order chi connectivity index (χ1) is 8.29. The van der Waals surface area contributed by atoms with Gasteiger partial charge < -0.3 is 15.4 Å². The van der Waals surface area contributed by atoms with Gasteiger partial charge in [-0.15, -0.1) is 0 Å². The number of ether oxygens (including phenoxy) is 1. The number of carbonyl (C=O) groups excluding carboxylic acids is 1. The van der Waals surface area contributed by atoms with Crippen molar-refractivity contribution in [3.63, 3.8) is 0 Å². The summed E-state index contributed by atoms with van der Waals surface area (Å²) < 4.78 is 5.23. The molecule has 17 heavy (non-hydrogen) atoms. The highest BCUT2D eigenvalue weighted by molar-refractivity contribution is 5.82. The van der Waals surface area contributed by atoms with E-state index in [1.54, 1.807) is 7.11 Å². The molecule has 1 atom stereocenters. The van der Waals surface area contributed by atoms with E-state index in [0.29, 0.717) is 6.54 Å². The molecule has 0 radical (unpaired) electrons. The highest BCUT2D eigenvalue weighted by atomic mass is 16.5. The molecular weight excluding hydrogens is 216 g/mol. The van der Waals surface area contributed by atoms with Gasteiger partial charge in [0.1, 0.15) is 0 Å². The van der Waals surface area contributed by atoms with Crippen LogP contribution in [0.4, 0.5) is 0 Å². The van der Waals surface area contributed by atoms with Crippen molar-refractivity contribution in [3.05, 3.63) is 35.9 Å². The molecule has 1 aromatic carbocycles. The molecule has 0 heterocycles. The molecule has 0 aromatic heterocycles. The second kappa shape index (κ2) is 7.81. The Labute approximate surface area is 102 Å². The molecule has 0 bridgehead atoms. The normalized spacial score (nSPS) is 12.1. The van der Waals surface area contributed by atoms with Crippen LogP contribution in [0.25, 0.3) is 0 Å². The summed E-state index contributed by atoms with van der Waals surface area (Å²) in [6, 6.07) is 9.50. The molecule has 0 aliphatic heterocycles. The molecular formula is C13H20N2O2. The lowest BCUT2D eigenvalue weighted by atomic mass is 10.1. The Bertz CT molecular complexity index is 327. The molecule has 94 valence electrons. The van der Waals surface area contributed by atoms with Crippen LogP contribution >= 0.6 is 0 Å². The van der Waals surface area contributed by atoms with Gasteiger partial charge in [-0.2, -0.15) is 0 Å². The van der Waals surface area contributed by atoms with E-state index >= 15 is 0 Å². The minimum absolute atomic E-state index is 0.0881.